The molecule has 0 aliphatic heterocycles. The van der Waals surface area contributed by atoms with Crippen LogP contribution in [-0.2, 0) is 10.0 Å². The van der Waals surface area contributed by atoms with Gasteiger partial charge in [0.1, 0.15) is 0 Å². The zero-order chi connectivity index (χ0) is 21.4. The predicted molar refractivity (Wildman–Crippen MR) is 119 cm³/mol. The highest BCUT2D eigenvalue weighted by molar-refractivity contribution is 7.92. The lowest BCUT2D eigenvalue weighted by molar-refractivity contribution is 0.0945. The molecule has 0 radical (unpaired) electrons. The Bertz CT molecular complexity index is 939. The standard InChI is InChI=1S/C23H32N2O3S/c1-5-7-10-19(6-2)16-24-23(26)20-13-12-18(4)22(15-20)29(27,28)25-21-11-8-9-17(3)14-21/h8-9,11-15,19,25H,5-7,10,16H2,1-4H3,(H,24,26)/t19-/m0/s1. The van der Waals surface area contributed by atoms with Crippen molar-refractivity contribution in [1.82, 2.24) is 5.32 Å². The normalized spacial score (nSPS) is 12.4. The summed E-state index contributed by atoms with van der Waals surface area (Å²) >= 11 is 0. The summed E-state index contributed by atoms with van der Waals surface area (Å²) in [4.78, 5) is 12.7. The third kappa shape index (κ3) is 6.60. The minimum atomic E-state index is -3.79. The van der Waals surface area contributed by atoms with Crippen LogP contribution in [0.4, 0.5) is 5.69 Å². The van der Waals surface area contributed by atoms with Gasteiger partial charge >= 0.3 is 0 Å². The first-order valence-electron chi connectivity index (χ1n) is 10.2. The van der Waals surface area contributed by atoms with Crippen LogP contribution in [0, 0.1) is 19.8 Å². The molecule has 1 amide bonds. The Morgan fingerprint density at radius 2 is 1.83 bits per heavy atom. The molecular weight excluding hydrogens is 384 g/mol. The SMILES string of the molecule is CCCC[C@H](CC)CNC(=O)c1ccc(C)c(S(=O)(=O)Nc2cccc(C)c2)c1. The second-order valence-corrected chi connectivity index (χ2v) is 9.23. The van der Waals surface area contributed by atoms with Crippen LogP contribution >= 0.6 is 0 Å². The van der Waals surface area contributed by atoms with Gasteiger partial charge in [-0.05, 0) is 61.6 Å². The van der Waals surface area contributed by atoms with Gasteiger partial charge in [-0.3, -0.25) is 9.52 Å². The Labute approximate surface area is 175 Å². The maximum absolute atomic E-state index is 12.9. The molecule has 6 heteroatoms. The maximum atomic E-state index is 12.9. The fourth-order valence-electron chi connectivity index (χ4n) is 3.23. The lowest BCUT2D eigenvalue weighted by Gasteiger charge is -2.16. The number of carbonyl (C=O) groups is 1. The van der Waals surface area contributed by atoms with Gasteiger partial charge in [0.2, 0.25) is 0 Å². The van der Waals surface area contributed by atoms with Gasteiger partial charge < -0.3 is 5.32 Å². The van der Waals surface area contributed by atoms with Gasteiger partial charge in [0.15, 0.2) is 0 Å². The molecule has 2 rings (SSSR count). The molecule has 0 bridgehead atoms. The van der Waals surface area contributed by atoms with Crippen LogP contribution in [0.5, 0.6) is 0 Å². The molecule has 0 fully saturated rings. The summed E-state index contributed by atoms with van der Waals surface area (Å²) in [6.45, 7) is 8.51. The van der Waals surface area contributed by atoms with Gasteiger partial charge in [-0.25, -0.2) is 8.42 Å². The van der Waals surface area contributed by atoms with Gasteiger partial charge in [0.25, 0.3) is 15.9 Å². The molecule has 2 N–H and O–H groups in total. The summed E-state index contributed by atoms with van der Waals surface area (Å²) < 4.78 is 28.4. The predicted octanol–water partition coefficient (Wildman–Crippen LogP) is 5.05. The van der Waals surface area contributed by atoms with Crippen LogP contribution in [-0.4, -0.2) is 20.9 Å². The van der Waals surface area contributed by atoms with Crippen LogP contribution in [0.1, 0.15) is 61.0 Å². The molecule has 0 saturated carbocycles. The summed E-state index contributed by atoms with van der Waals surface area (Å²) in [5, 5.41) is 2.96. The van der Waals surface area contributed by atoms with Gasteiger partial charge in [-0.15, -0.1) is 0 Å². The molecule has 0 saturated heterocycles. The van der Waals surface area contributed by atoms with Crippen LogP contribution < -0.4 is 10.0 Å². The fraction of sp³-hybridized carbons (Fsp3) is 0.435. The average Bonchev–Trinajstić information content (AvgIpc) is 2.67. The first kappa shape index (κ1) is 22.9. The van der Waals surface area contributed by atoms with Crippen molar-refractivity contribution < 1.29 is 13.2 Å². The number of aryl methyl sites for hydroxylation is 2. The lowest BCUT2D eigenvalue weighted by atomic mass is 9.99. The Morgan fingerprint density at radius 3 is 2.48 bits per heavy atom. The van der Waals surface area contributed by atoms with E-state index in [4.69, 9.17) is 0 Å². The number of hydrogen-bond acceptors (Lipinski definition) is 3. The smallest absolute Gasteiger partial charge is 0.262 e. The highest BCUT2D eigenvalue weighted by Crippen LogP contribution is 2.21. The van der Waals surface area contributed by atoms with E-state index in [1.807, 2.05) is 13.0 Å². The Morgan fingerprint density at radius 1 is 1.07 bits per heavy atom. The van der Waals surface area contributed by atoms with E-state index in [-0.39, 0.29) is 10.8 Å². The molecule has 29 heavy (non-hydrogen) atoms. The van der Waals surface area contributed by atoms with Crippen molar-refractivity contribution >= 4 is 21.6 Å². The van der Waals surface area contributed by atoms with E-state index in [1.165, 1.54) is 6.07 Å². The number of carbonyl (C=O) groups excluding carboxylic acids is 1. The minimum Gasteiger partial charge on any atom is -0.352 e. The van der Waals surface area contributed by atoms with E-state index < -0.39 is 10.0 Å². The number of unbranched alkanes of at least 4 members (excludes halogenated alkanes) is 1. The number of hydrogen-bond donors (Lipinski definition) is 2. The minimum absolute atomic E-state index is 0.115. The molecule has 0 unspecified atom stereocenters. The number of anilines is 1. The number of benzene rings is 2. The average molecular weight is 417 g/mol. The highest BCUT2D eigenvalue weighted by atomic mass is 32.2. The van der Waals surface area contributed by atoms with Crippen molar-refractivity contribution in [2.75, 3.05) is 11.3 Å². The van der Waals surface area contributed by atoms with E-state index in [0.717, 1.165) is 31.2 Å². The van der Waals surface area contributed by atoms with Crippen LogP contribution in [0.3, 0.4) is 0 Å². The molecule has 1 atom stereocenters. The molecule has 0 heterocycles. The third-order valence-electron chi connectivity index (χ3n) is 5.10. The number of rotatable bonds is 10. The Hall–Kier alpha value is -2.34. The van der Waals surface area contributed by atoms with Crippen molar-refractivity contribution in [3.05, 3.63) is 59.2 Å². The maximum Gasteiger partial charge on any atom is 0.262 e. The zero-order valence-corrected chi connectivity index (χ0v) is 18.6. The number of sulfonamides is 1. The molecule has 5 nitrogen and oxygen atoms in total. The van der Waals surface area contributed by atoms with Crippen LogP contribution in [0.15, 0.2) is 47.4 Å². The highest BCUT2D eigenvalue weighted by Gasteiger charge is 2.20. The number of amides is 1. The molecule has 0 spiro atoms. The Balaban J connectivity index is 2.16. The second-order valence-electron chi connectivity index (χ2n) is 7.58. The van der Waals surface area contributed by atoms with Crippen molar-refractivity contribution in [3.63, 3.8) is 0 Å². The van der Waals surface area contributed by atoms with Gasteiger partial charge in [-0.2, -0.15) is 0 Å². The lowest BCUT2D eigenvalue weighted by Crippen LogP contribution is -2.29. The van der Waals surface area contributed by atoms with E-state index in [1.54, 1.807) is 37.3 Å². The van der Waals surface area contributed by atoms with Crippen molar-refractivity contribution in [2.45, 2.75) is 58.3 Å². The molecule has 0 aliphatic carbocycles. The van der Waals surface area contributed by atoms with Crippen molar-refractivity contribution in [2.24, 2.45) is 5.92 Å². The van der Waals surface area contributed by atoms with Crippen molar-refractivity contribution in [3.8, 4) is 0 Å². The van der Waals surface area contributed by atoms with Gasteiger partial charge in [0.05, 0.1) is 4.90 Å². The summed E-state index contributed by atoms with van der Waals surface area (Å²) in [5.74, 6) is 0.197. The van der Waals surface area contributed by atoms with E-state index in [9.17, 15) is 13.2 Å². The fourth-order valence-corrected chi connectivity index (χ4v) is 4.55. The largest absolute Gasteiger partial charge is 0.352 e. The summed E-state index contributed by atoms with van der Waals surface area (Å²) in [6, 6.07) is 12.0. The van der Waals surface area contributed by atoms with Crippen molar-refractivity contribution in [1.29, 1.82) is 0 Å². The molecular formula is C23H32N2O3S. The quantitative estimate of drug-likeness (QED) is 0.569. The molecule has 0 aromatic heterocycles. The first-order valence-corrected chi connectivity index (χ1v) is 11.7. The third-order valence-corrected chi connectivity index (χ3v) is 6.63. The topological polar surface area (TPSA) is 75.3 Å². The molecule has 158 valence electrons. The number of nitrogens with one attached hydrogen (secondary N) is 2. The molecule has 0 aliphatic rings. The van der Waals surface area contributed by atoms with E-state index >= 15 is 0 Å². The van der Waals surface area contributed by atoms with Crippen LogP contribution in [0.25, 0.3) is 0 Å². The van der Waals surface area contributed by atoms with Gasteiger partial charge in [0, 0.05) is 17.8 Å². The first-order chi connectivity index (χ1) is 13.8. The van der Waals surface area contributed by atoms with Gasteiger partial charge in [-0.1, -0.05) is 51.3 Å². The monoisotopic (exact) mass is 416 g/mol. The second kappa shape index (κ2) is 10.4. The zero-order valence-electron chi connectivity index (χ0n) is 17.8. The van der Waals surface area contributed by atoms with E-state index in [0.29, 0.717) is 29.3 Å². The Kier molecular flexibility index (Phi) is 8.26. The molecule has 2 aromatic rings. The van der Waals surface area contributed by atoms with Crippen LogP contribution in [0.2, 0.25) is 0 Å². The van der Waals surface area contributed by atoms with E-state index in [2.05, 4.69) is 23.9 Å². The molecule has 2 aromatic carbocycles. The summed E-state index contributed by atoms with van der Waals surface area (Å²) in [6.07, 6.45) is 4.37. The summed E-state index contributed by atoms with van der Waals surface area (Å²) in [5.41, 5.74) is 2.41. The summed E-state index contributed by atoms with van der Waals surface area (Å²) in [7, 11) is -3.79.